The van der Waals surface area contributed by atoms with Gasteiger partial charge in [0, 0.05) is 31.8 Å². The number of Topliss-reactive ketones (excluding diaryl/α,β-unsaturated/α-hetero) is 1. The van der Waals surface area contributed by atoms with Crippen LogP contribution in [0.2, 0.25) is 0 Å². The van der Waals surface area contributed by atoms with Gasteiger partial charge in [-0.05, 0) is 131 Å². The van der Waals surface area contributed by atoms with Crippen molar-refractivity contribution in [1.29, 1.82) is 0 Å². The predicted molar refractivity (Wildman–Crippen MR) is 151 cm³/mol. The van der Waals surface area contributed by atoms with Crippen LogP contribution in [-0.4, -0.2) is 51.0 Å². The van der Waals surface area contributed by atoms with E-state index in [-0.39, 0.29) is 17.2 Å². The maximum absolute atomic E-state index is 13.8. The number of rotatable bonds is 12. The first-order valence-corrected chi connectivity index (χ1v) is 15.6. The predicted octanol–water partition coefficient (Wildman–Crippen LogP) is 4.27. The Morgan fingerprint density at radius 1 is 1.03 bits per heavy atom. The second-order valence-corrected chi connectivity index (χ2v) is 13.7. The van der Waals surface area contributed by atoms with Crippen LogP contribution in [0.1, 0.15) is 97.8 Å². The molecule has 0 bridgehead atoms. The largest absolute Gasteiger partial charge is 0.359 e. The molecule has 0 aliphatic heterocycles. The van der Waals surface area contributed by atoms with Crippen LogP contribution in [0, 0.1) is 46.3 Å². The van der Waals surface area contributed by atoms with E-state index in [1.165, 1.54) is 44.9 Å². The van der Waals surface area contributed by atoms with E-state index in [0.717, 1.165) is 51.9 Å². The molecule has 4 aliphatic carbocycles. The molecule has 4 fully saturated rings. The fraction of sp³-hybridized carbons (Fsp3) is 0.935. The standard InChI is InChI=1S/C31H56N4O2/c1-21(7-10-28(37)33-4)24-8-9-25-29-26(12-14-31(24,25)3)30(2)13-11-23(19-22(30)20-27(29)36)35-18-6-17-34-16-5-15-32/h21-26,29,34-35H,5-20,32H2,1-4H3,(H,33,37)/t21-,22?,23+,24-,25?,26?,29?,30+,31-/m1/s1. The third kappa shape index (κ3) is 5.96. The summed E-state index contributed by atoms with van der Waals surface area (Å²) in [5.74, 6) is 3.88. The number of nitrogens with two attached hydrogens (primary N) is 1. The molecule has 6 nitrogen and oxygen atoms in total. The van der Waals surface area contributed by atoms with Crippen LogP contribution in [0.4, 0.5) is 0 Å². The van der Waals surface area contributed by atoms with Gasteiger partial charge in [0.1, 0.15) is 5.78 Å². The molecule has 0 spiro atoms. The van der Waals surface area contributed by atoms with Crippen molar-refractivity contribution in [2.24, 2.45) is 52.1 Å². The minimum Gasteiger partial charge on any atom is -0.359 e. The van der Waals surface area contributed by atoms with Crippen molar-refractivity contribution in [3.8, 4) is 0 Å². The molecule has 4 saturated carbocycles. The van der Waals surface area contributed by atoms with E-state index in [4.69, 9.17) is 5.73 Å². The lowest BCUT2D eigenvalue weighted by Crippen LogP contribution is -2.58. The highest BCUT2D eigenvalue weighted by Crippen LogP contribution is 2.67. The molecule has 37 heavy (non-hydrogen) atoms. The lowest BCUT2D eigenvalue weighted by Gasteiger charge is -2.60. The van der Waals surface area contributed by atoms with Gasteiger partial charge in [-0.3, -0.25) is 9.59 Å². The smallest absolute Gasteiger partial charge is 0.219 e. The van der Waals surface area contributed by atoms with Gasteiger partial charge in [-0.2, -0.15) is 0 Å². The summed E-state index contributed by atoms with van der Waals surface area (Å²) < 4.78 is 0. The summed E-state index contributed by atoms with van der Waals surface area (Å²) in [5.41, 5.74) is 6.15. The van der Waals surface area contributed by atoms with Gasteiger partial charge in [-0.15, -0.1) is 0 Å². The highest BCUT2D eigenvalue weighted by Gasteiger charge is 2.63. The Labute approximate surface area is 226 Å². The zero-order chi connectivity index (χ0) is 26.6. The summed E-state index contributed by atoms with van der Waals surface area (Å²) >= 11 is 0. The number of carbonyl (C=O) groups is 2. The summed E-state index contributed by atoms with van der Waals surface area (Å²) in [5, 5.41) is 10.1. The van der Waals surface area contributed by atoms with Crippen molar-refractivity contribution in [3.63, 3.8) is 0 Å². The van der Waals surface area contributed by atoms with Gasteiger partial charge in [-0.25, -0.2) is 0 Å². The number of hydrogen-bond acceptors (Lipinski definition) is 5. The molecule has 0 aromatic heterocycles. The van der Waals surface area contributed by atoms with Crippen LogP contribution in [0.5, 0.6) is 0 Å². The Hall–Kier alpha value is -0.980. The SMILES string of the molecule is CNC(=O)CC[C@@H](C)[C@H]1CCC2C3C(=O)CC4C[C@@H](NCCCNCCCN)CC[C@]4(C)C3CC[C@@]21C. The van der Waals surface area contributed by atoms with Crippen molar-refractivity contribution < 1.29 is 9.59 Å². The lowest BCUT2D eigenvalue weighted by atomic mass is 9.44. The van der Waals surface area contributed by atoms with Crippen LogP contribution in [0.3, 0.4) is 0 Å². The molecule has 1 amide bonds. The molecule has 0 saturated heterocycles. The molecule has 0 heterocycles. The molecule has 4 rings (SSSR count). The Morgan fingerprint density at radius 2 is 1.76 bits per heavy atom. The van der Waals surface area contributed by atoms with Gasteiger partial charge >= 0.3 is 0 Å². The minimum absolute atomic E-state index is 0.154. The van der Waals surface area contributed by atoms with E-state index in [1.807, 2.05) is 0 Å². The zero-order valence-electron chi connectivity index (χ0n) is 24.2. The van der Waals surface area contributed by atoms with Crippen molar-refractivity contribution in [3.05, 3.63) is 0 Å². The van der Waals surface area contributed by atoms with Crippen molar-refractivity contribution in [2.45, 2.75) is 104 Å². The number of hydrogen-bond donors (Lipinski definition) is 4. The molecule has 9 atom stereocenters. The van der Waals surface area contributed by atoms with E-state index in [2.05, 4.69) is 36.7 Å². The van der Waals surface area contributed by atoms with Crippen LogP contribution in [-0.2, 0) is 9.59 Å². The van der Waals surface area contributed by atoms with E-state index in [9.17, 15) is 9.59 Å². The van der Waals surface area contributed by atoms with E-state index in [1.54, 1.807) is 7.05 Å². The van der Waals surface area contributed by atoms with Gasteiger partial charge in [0.15, 0.2) is 0 Å². The minimum atomic E-state index is 0.154. The first-order chi connectivity index (χ1) is 17.7. The van der Waals surface area contributed by atoms with Gasteiger partial charge in [-0.1, -0.05) is 20.8 Å². The van der Waals surface area contributed by atoms with Crippen LogP contribution < -0.4 is 21.7 Å². The monoisotopic (exact) mass is 516 g/mol. The van der Waals surface area contributed by atoms with Gasteiger partial charge < -0.3 is 21.7 Å². The molecule has 6 heteroatoms. The highest BCUT2D eigenvalue weighted by atomic mass is 16.1. The summed E-state index contributed by atoms with van der Waals surface area (Å²) in [4.78, 5) is 25.7. The first-order valence-electron chi connectivity index (χ1n) is 15.6. The number of ketones is 1. The number of nitrogens with one attached hydrogen (secondary N) is 3. The fourth-order valence-corrected chi connectivity index (χ4v) is 9.65. The quantitative estimate of drug-likeness (QED) is 0.291. The molecule has 5 N–H and O–H groups in total. The average Bonchev–Trinajstić information content (AvgIpc) is 3.24. The molecule has 212 valence electrons. The zero-order valence-corrected chi connectivity index (χ0v) is 24.2. The molecule has 0 aromatic rings. The second-order valence-electron chi connectivity index (χ2n) is 13.7. The Balaban J connectivity index is 1.34. The van der Waals surface area contributed by atoms with E-state index in [0.29, 0.717) is 53.3 Å². The number of fused-ring (bicyclic) bond motifs is 5. The normalized spacial score (nSPS) is 40.0. The molecule has 4 unspecified atom stereocenters. The summed E-state index contributed by atoms with van der Waals surface area (Å²) in [6.07, 6.45) is 13.2. The maximum Gasteiger partial charge on any atom is 0.219 e. The van der Waals surface area contributed by atoms with Crippen LogP contribution >= 0.6 is 0 Å². The van der Waals surface area contributed by atoms with Crippen LogP contribution in [0.15, 0.2) is 0 Å². The van der Waals surface area contributed by atoms with Gasteiger partial charge in [0.2, 0.25) is 5.91 Å². The molecule has 0 radical (unpaired) electrons. The molecule has 0 aromatic carbocycles. The topological polar surface area (TPSA) is 96.2 Å². The summed E-state index contributed by atoms with van der Waals surface area (Å²) in [7, 11) is 1.73. The second kappa shape index (κ2) is 12.5. The molecular weight excluding hydrogens is 460 g/mol. The molecule has 4 aliphatic rings. The van der Waals surface area contributed by atoms with Crippen molar-refractivity contribution >= 4 is 11.7 Å². The Morgan fingerprint density at radius 3 is 2.51 bits per heavy atom. The van der Waals surface area contributed by atoms with E-state index < -0.39 is 0 Å². The third-order valence-electron chi connectivity index (χ3n) is 11.9. The third-order valence-corrected chi connectivity index (χ3v) is 11.9. The number of amides is 1. The van der Waals surface area contributed by atoms with Gasteiger partial charge in [0.25, 0.3) is 0 Å². The van der Waals surface area contributed by atoms with Crippen molar-refractivity contribution in [1.82, 2.24) is 16.0 Å². The summed E-state index contributed by atoms with van der Waals surface area (Å²) in [6, 6.07) is 0.567. The maximum atomic E-state index is 13.8. The van der Waals surface area contributed by atoms with Crippen LogP contribution in [0.25, 0.3) is 0 Å². The lowest BCUT2D eigenvalue weighted by molar-refractivity contribution is -0.157. The average molecular weight is 517 g/mol. The van der Waals surface area contributed by atoms with E-state index >= 15 is 0 Å². The Bertz CT molecular complexity index is 789. The summed E-state index contributed by atoms with van der Waals surface area (Å²) in [6.45, 7) is 11.3. The number of carbonyl (C=O) groups excluding carboxylic acids is 2. The molecular formula is C31H56N4O2. The van der Waals surface area contributed by atoms with Crippen molar-refractivity contribution in [2.75, 3.05) is 33.2 Å². The Kier molecular flexibility index (Phi) is 9.78. The first kappa shape index (κ1) is 29.0. The highest BCUT2D eigenvalue weighted by molar-refractivity contribution is 5.83. The van der Waals surface area contributed by atoms with Gasteiger partial charge in [0.05, 0.1) is 0 Å². The fourth-order valence-electron chi connectivity index (χ4n) is 9.65.